The zero-order valence-electron chi connectivity index (χ0n) is 14.6. The van der Waals surface area contributed by atoms with E-state index >= 15 is 0 Å². The molecule has 2 aliphatic rings. The van der Waals surface area contributed by atoms with Gasteiger partial charge < -0.3 is 5.32 Å². The van der Waals surface area contributed by atoms with Crippen molar-refractivity contribution in [3.63, 3.8) is 0 Å². The summed E-state index contributed by atoms with van der Waals surface area (Å²) in [5.74, 6) is -2.26. The Morgan fingerprint density at radius 1 is 0.889 bits per heavy atom. The van der Waals surface area contributed by atoms with Gasteiger partial charge in [0.15, 0.2) is 11.6 Å². The highest BCUT2D eigenvalue weighted by Crippen LogP contribution is 2.45. The maximum atomic E-state index is 14.4. The van der Waals surface area contributed by atoms with E-state index in [9.17, 15) is 17.2 Å². The van der Waals surface area contributed by atoms with Gasteiger partial charge in [-0.05, 0) is 24.3 Å². The van der Waals surface area contributed by atoms with Crippen LogP contribution in [0.2, 0.25) is 0 Å². The highest BCUT2D eigenvalue weighted by molar-refractivity contribution is 7.95. The largest absolute Gasteiger partial charge is 0.331 e. The first-order valence-electron chi connectivity index (χ1n) is 8.79. The molecule has 4 rings (SSSR count). The van der Waals surface area contributed by atoms with Crippen molar-refractivity contribution in [1.29, 1.82) is 0 Å². The number of hydrogen-bond donors (Lipinski definition) is 1. The molecule has 2 aromatic carbocycles. The molecule has 0 radical (unpaired) electrons. The van der Waals surface area contributed by atoms with Crippen LogP contribution in [0.1, 0.15) is 0 Å². The van der Waals surface area contributed by atoms with Crippen LogP contribution in [0.3, 0.4) is 0 Å². The summed E-state index contributed by atoms with van der Waals surface area (Å²) in [5.41, 5.74) is 0.478. The fourth-order valence-corrected chi connectivity index (χ4v) is 5.21. The van der Waals surface area contributed by atoms with Crippen LogP contribution in [-0.2, 0) is 10.2 Å². The number of nitrogens with zero attached hydrogens (tertiary/aromatic N) is 3. The van der Waals surface area contributed by atoms with E-state index in [1.807, 2.05) is 0 Å². The third-order valence-corrected chi connectivity index (χ3v) is 6.65. The van der Waals surface area contributed by atoms with Gasteiger partial charge in [-0.2, -0.15) is 8.42 Å². The maximum absolute atomic E-state index is 14.4. The van der Waals surface area contributed by atoms with Gasteiger partial charge in [0.1, 0.15) is 0 Å². The second-order valence-corrected chi connectivity index (χ2v) is 8.20. The van der Waals surface area contributed by atoms with Crippen LogP contribution in [0, 0.1) is 11.6 Å². The van der Waals surface area contributed by atoms with Crippen LogP contribution in [0.15, 0.2) is 42.5 Å². The van der Waals surface area contributed by atoms with Gasteiger partial charge in [-0.3, -0.25) is 4.90 Å². The summed E-state index contributed by atoms with van der Waals surface area (Å²) in [5, 5.41) is 3.26. The quantitative estimate of drug-likeness (QED) is 0.863. The molecular formula is C18H20F2N4O2S. The Morgan fingerprint density at radius 2 is 1.56 bits per heavy atom. The molecule has 9 heteroatoms. The smallest absolute Gasteiger partial charge is 0.314 e. The average Bonchev–Trinajstić information content (AvgIpc) is 2.89. The zero-order valence-corrected chi connectivity index (χ0v) is 15.4. The summed E-state index contributed by atoms with van der Waals surface area (Å²) in [6.45, 7) is 4.23. The Morgan fingerprint density at radius 3 is 2.30 bits per heavy atom. The molecule has 0 aromatic heterocycles. The Kier molecular flexibility index (Phi) is 4.75. The molecule has 0 saturated carbocycles. The fourth-order valence-electron chi connectivity index (χ4n) is 3.50. The first-order valence-corrected chi connectivity index (χ1v) is 10.2. The number of benzene rings is 2. The van der Waals surface area contributed by atoms with E-state index in [0.29, 0.717) is 17.9 Å². The number of anilines is 3. The zero-order chi connectivity index (χ0) is 19.0. The molecule has 27 heavy (non-hydrogen) atoms. The van der Waals surface area contributed by atoms with E-state index in [1.54, 1.807) is 24.3 Å². The molecule has 1 N–H and O–H groups in total. The van der Waals surface area contributed by atoms with Crippen molar-refractivity contribution in [1.82, 2.24) is 10.2 Å². The minimum absolute atomic E-state index is 0.243. The average molecular weight is 394 g/mol. The van der Waals surface area contributed by atoms with Gasteiger partial charge in [0.25, 0.3) is 0 Å². The number of piperazine rings is 1. The third-order valence-electron chi connectivity index (χ3n) is 4.86. The van der Waals surface area contributed by atoms with Crippen LogP contribution in [-0.4, -0.2) is 52.6 Å². The van der Waals surface area contributed by atoms with Crippen molar-refractivity contribution in [3.05, 3.63) is 54.1 Å². The highest BCUT2D eigenvalue weighted by Gasteiger charge is 2.42. The van der Waals surface area contributed by atoms with Crippen LogP contribution in [0.25, 0.3) is 0 Å². The number of halogens is 2. The lowest BCUT2D eigenvalue weighted by Crippen LogP contribution is -2.47. The Hall–Kier alpha value is -2.23. The number of fused-ring (bicyclic) bond motifs is 1. The Bertz CT molecular complexity index is 948. The normalized spacial score (nSPS) is 19.3. The molecule has 2 aromatic rings. The van der Waals surface area contributed by atoms with Gasteiger partial charge in [0.2, 0.25) is 0 Å². The van der Waals surface area contributed by atoms with E-state index in [1.165, 1.54) is 16.4 Å². The lowest BCUT2D eigenvalue weighted by atomic mass is 10.2. The van der Waals surface area contributed by atoms with E-state index in [4.69, 9.17) is 0 Å². The molecule has 1 saturated heterocycles. The SMILES string of the molecule is O=S1(=O)N(CCN2CCNCC2)c2ccccc2N1c1cccc(F)c1F. The first kappa shape index (κ1) is 18.1. The lowest BCUT2D eigenvalue weighted by Gasteiger charge is -2.29. The number of para-hydroxylation sites is 2. The van der Waals surface area contributed by atoms with E-state index in [-0.39, 0.29) is 12.2 Å². The summed E-state index contributed by atoms with van der Waals surface area (Å²) < 4.78 is 56.7. The van der Waals surface area contributed by atoms with Crippen LogP contribution in [0.5, 0.6) is 0 Å². The van der Waals surface area contributed by atoms with E-state index in [0.717, 1.165) is 36.6 Å². The van der Waals surface area contributed by atoms with Crippen molar-refractivity contribution in [3.8, 4) is 0 Å². The van der Waals surface area contributed by atoms with Crippen LogP contribution in [0.4, 0.5) is 25.8 Å². The predicted octanol–water partition coefficient (Wildman–Crippen LogP) is 2.07. The minimum atomic E-state index is -4.06. The minimum Gasteiger partial charge on any atom is -0.314 e. The molecule has 0 atom stereocenters. The third kappa shape index (κ3) is 3.15. The molecule has 2 heterocycles. The summed E-state index contributed by atoms with van der Waals surface area (Å²) >= 11 is 0. The molecule has 0 spiro atoms. The number of hydrogen-bond acceptors (Lipinski definition) is 4. The summed E-state index contributed by atoms with van der Waals surface area (Å²) in [6.07, 6.45) is 0. The number of nitrogens with one attached hydrogen (secondary N) is 1. The second-order valence-electron chi connectivity index (χ2n) is 6.50. The van der Waals surface area contributed by atoms with Crippen LogP contribution < -0.4 is 13.9 Å². The summed E-state index contributed by atoms with van der Waals surface area (Å²) in [6, 6.07) is 10.2. The Labute approximate surface area is 157 Å². The standard InChI is InChI=1S/C18H20F2N4O2S/c19-14-4-3-7-17(18(14)20)24-16-6-2-1-5-15(16)23(27(24,25)26)13-12-22-10-8-21-9-11-22/h1-7,21H,8-13H2. The molecule has 144 valence electrons. The van der Waals surface area contributed by atoms with Gasteiger partial charge in [0.05, 0.1) is 17.1 Å². The van der Waals surface area contributed by atoms with Crippen molar-refractivity contribution in [2.45, 2.75) is 0 Å². The maximum Gasteiger partial charge on any atom is 0.331 e. The van der Waals surface area contributed by atoms with Gasteiger partial charge in [-0.25, -0.2) is 17.4 Å². The van der Waals surface area contributed by atoms with Crippen LogP contribution >= 0.6 is 0 Å². The van der Waals surface area contributed by atoms with Crippen molar-refractivity contribution in [2.75, 3.05) is 47.9 Å². The van der Waals surface area contributed by atoms with E-state index in [2.05, 4.69) is 10.2 Å². The molecule has 0 bridgehead atoms. The van der Waals surface area contributed by atoms with E-state index < -0.39 is 21.8 Å². The van der Waals surface area contributed by atoms with Gasteiger partial charge in [0, 0.05) is 39.3 Å². The molecule has 0 aliphatic carbocycles. The van der Waals surface area contributed by atoms with Gasteiger partial charge in [-0.15, -0.1) is 0 Å². The van der Waals surface area contributed by atoms with Gasteiger partial charge in [-0.1, -0.05) is 18.2 Å². The fraction of sp³-hybridized carbons (Fsp3) is 0.333. The summed E-state index contributed by atoms with van der Waals surface area (Å²) in [7, 11) is -4.06. The van der Waals surface area contributed by atoms with Crippen molar-refractivity contribution >= 4 is 27.3 Å². The first-order chi connectivity index (χ1) is 13.0. The van der Waals surface area contributed by atoms with Gasteiger partial charge >= 0.3 is 10.2 Å². The molecule has 0 amide bonds. The summed E-state index contributed by atoms with van der Waals surface area (Å²) in [4.78, 5) is 2.18. The lowest BCUT2D eigenvalue weighted by molar-refractivity contribution is 0.248. The topological polar surface area (TPSA) is 55.9 Å². The molecule has 1 fully saturated rings. The molecule has 6 nitrogen and oxygen atoms in total. The second kappa shape index (κ2) is 7.06. The van der Waals surface area contributed by atoms with Crippen molar-refractivity contribution in [2.24, 2.45) is 0 Å². The Balaban J connectivity index is 1.71. The molecule has 0 unspecified atom stereocenters. The predicted molar refractivity (Wildman–Crippen MR) is 101 cm³/mol. The molecular weight excluding hydrogens is 374 g/mol. The number of rotatable bonds is 4. The highest BCUT2D eigenvalue weighted by atomic mass is 32.2. The molecule has 2 aliphatic heterocycles. The monoisotopic (exact) mass is 394 g/mol. The van der Waals surface area contributed by atoms with Crippen molar-refractivity contribution < 1.29 is 17.2 Å².